The number of hydrogen-bond acceptors (Lipinski definition) is 2. The van der Waals surface area contributed by atoms with Gasteiger partial charge in [0, 0.05) is 21.5 Å². The van der Waals surface area contributed by atoms with Crippen LogP contribution in [0.3, 0.4) is 0 Å². The van der Waals surface area contributed by atoms with E-state index in [1.54, 1.807) is 12.1 Å². The quantitative estimate of drug-likeness (QED) is 0.718. The minimum atomic E-state index is -2.97. The van der Waals surface area contributed by atoms with Gasteiger partial charge < -0.3 is 9.67 Å². The van der Waals surface area contributed by atoms with Crippen molar-refractivity contribution in [3.8, 4) is 5.75 Å². The number of aromatic hydroxyl groups is 1. The normalized spacial score (nSPS) is 19.2. The molecule has 1 heterocycles. The number of hydrogen-bond donors (Lipinski definition) is 1. The number of rotatable bonds is 2. The lowest BCUT2D eigenvalue weighted by molar-refractivity contribution is 0.474. The average molecular weight is 318 g/mol. The second-order valence-electron chi connectivity index (χ2n) is 5.55. The monoisotopic (exact) mass is 318 g/mol. The van der Waals surface area contributed by atoms with Gasteiger partial charge in [-0.15, -0.1) is 0 Å². The average Bonchev–Trinajstić information content (AvgIpc) is 2.91. The SMILES string of the molecule is O=P1(c2ccccc2)C(c2ccccc2O)=Cc2ccccc21. The van der Waals surface area contributed by atoms with Crippen molar-refractivity contribution < 1.29 is 9.67 Å². The fraction of sp³-hybridized carbons (Fsp3) is 0. The highest BCUT2D eigenvalue weighted by Gasteiger charge is 2.39. The standard InChI is InChI=1S/C20H15O2P/c21-18-12-6-5-11-17(18)20-14-15-8-4-7-13-19(15)23(20,22)16-9-2-1-3-10-16/h1-14,21H. The molecule has 1 aliphatic rings. The van der Waals surface area contributed by atoms with E-state index in [0.29, 0.717) is 10.9 Å². The molecule has 1 atom stereocenters. The van der Waals surface area contributed by atoms with Gasteiger partial charge in [0.05, 0.1) is 0 Å². The lowest BCUT2D eigenvalue weighted by atomic mass is 10.1. The maximum atomic E-state index is 14.1. The Balaban J connectivity index is 2.03. The molecule has 0 fully saturated rings. The van der Waals surface area contributed by atoms with Gasteiger partial charge in [0.2, 0.25) is 0 Å². The maximum Gasteiger partial charge on any atom is 0.172 e. The van der Waals surface area contributed by atoms with Gasteiger partial charge in [-0.3, -0.25) is 0 Å². The third kappa shape index (κ3) is 2.07. The van der Waals surface area contributed by atoms with Gasteiger partial charge in [-0.2, -0.15) is 0 Å². The molecule has 0 amide bonds. The molecule has 3 heteroatoms. The number of phenols is 1. The first kappa shape index (κ1) is 14.0. The summed E-state index contributed by atoms with van der Waals surface area (Å²) in [7, 11) is -2.97. The predicted octanol–water partition coefficient (Wildman–Crippen LogP) is 4.22. The topological polar surface area (TPSA) is 37.3 Å². The van der Waals surface area contributed by atoms with E-state index in [0.717, 1.165) is 16.2 Å². The predicted molar refractivity (Wildman–Crippen MR) is 95.7 cm³/mol. The Morgan fingerprint density at radius 3 is 2.17 bits per heavy atom. The van der Waals surface area contributed by atoms with Gasteiger partial charge in [-0.25, -0.2) is 0 Å². The number of benzene rings is 3. The fourth-order valence-electron chi connectivity index (χ4n) is 3.12. The van der Waals surface area contributed by atoms with Crippen LogP contribution in [0.1, 0.15) is 11.1 Å². The number of para-hydroxylation sites is 1. The molecule has 1 N–H and O–H groups in total. The van der Waals surface area contributed by atoms with Crippen LogP contribution in [0.5, 0.6) is 5.75 Å². The largest absolute Gasteiger partial charge is 0.507 e. The van der Waals surface area contributed by atoms with Crippen LogP contribution in [-0.2, 0) is 4.57 Å². The highest BCUT2D eigenvalue weighted by atomic mass is 31.2. The summed E-state index contributed by atoms with van der Waals surface area (Å²) in [6.45, 7) is 0. The fourth-order valence-corrected chi connectivity index (χ4v) is 6.17. The third-order valence-corrected chi connectivity index (χ3v) is 7.37. The molecular weight excluding hydrogens is 303 g/mol. The zero-order chi connectivity index (χ0) is 15.9. The van der Waals surface area contributed by atoms with Crippen LogP contribution in [-0.4, -0.2) is 5.11 Å². The van der Waals surface area contributed by atoms with E-state index in [1.807, 2.05) is 72.8 Å². The summed E-state index contributed by atoms with van der Waals surface area (Å²) < 4.78 is 14.1. The summed E-state index contributed by atoms with van der Waals surface area (Å²) in [6.07, 6.45) is 1.94. The number of fused-ring (bicyclic) bond motifs is 1. The Morgan fingerprint density at radius 1 is 0.739 bits per heavy atom. The first-order valence-electron chi connectivity index (χ1n) is 7.47. The van der Waals surface area contributed by atoms with Gasteiger partial charge >= 0.3 is 0 Å². The zero-order valence-electron chi connectivity index (χ0n) is 12.4. The lowest BCUT2D eigenvalue weighted by Gasteiger charge is -2.19. The van der Waals surface area contributed by atoms with E-state index in [4.69, 9.17) is 0 Å². The molecule has 2 nitrogen and oxygen atoms in total. The van der Waals surface area contributed by atoms with Crippen molar-refractivity contribution in [3.05, 3.63) is 90.0 Å². The van der Waals surface area contributed by atoms with E-state index >= 15 is 0 Å². The van der Waals surface area contributed by atoms with E-state index in [2.05, 4.69) is 0 Å². The smallest absolute Gasteiger partial charge is 0.172 e. The first-order chi connectivity index (χ1) is 11.2. The highest BCUT2D eigenvalue weighted by Crippen LogP contribution is 2.62. The molecule has 1 aliphatic heterocycles. The molecule has 112 valence electrons. The second-order valence-corrected chi connectivity index (χ2v) is 8.25. The molecule has 1 unspecified atom stereocenters. The second kappa shape index (κ2) is 5.26. The van der Waals surface area contributed by atoms with Crippen molar-refractivity contribution >= 4 is 29.1 Å². The van der Waals surface area contributed by atoms with Crippen LogP contribution in [0, 0.1) is 0 Å². The minimum absolute atomic E-state index is 0.155. The van der Waals surface area contributed by atoms with Crippen LogP contribution in [0.4, 0.5) is 0 Å². The van der Waals surface area contributed by atoms with Crippen LogP contribution in [0.25, 0.3) is 11.4 Å². The zero-order valence-corrected chi connectivity index (χ0v) is 13.3. The molecular formula is C20H15O2P. The van der Waals surface area contributed by atoms with Crippen molar-refractivity contribution in [1.82, 2.24) is 0 Å². The van der Waals surface area contributed by atoms with Crippen LogP contribution in [0.15, 0.2) is 78.9 Å². The first-order valence-corrected chi connectivity index (χ1v) is 9.18. The Morgan fingerprint density at radius 2 is 1.39 bits per heavy atom. The van der Waals surface area contributed by atoms with E-state index in [9.17, 15) is 9.67 Å². The van der Waals surface area contributed by atoms with E-state index < -0.39 is 7.14 Å². The van der Waals surface area contributed by atoms with Gasteiger partial charge in [-0.1, -0.05) is 72.8 Å². The molecule has 4 rings (SSSR count). The number of phenolic OH excluding ortho intramolecular Hbond substituents is 1. The molecule has 3 aromatic carbocycles. The molecule has 0 bridgehead atoms. The van der Waals surface area contributed by atoms with Crippen molar-refractivity contribution in [2.24, 2.45) is 0 Å². The third-order valence-electron chi connectivity index (χ3n) is 4.21. The maximum absolute atomic E-state index is 14.1. The Kier molecular flexibility index (Phi) is 3.21. The van der Waals surface area contributed by atoms with E-state index in [-0.39, 0.29) is 5.75 Å². The van der Waals surface area contributed by atoms with Gasteiger partial charge in [0.1, 0.15) is 5.75 Å². The summed E-state index contributed by atoms with van der Waals surface area (Å²) in [6, 6.07) is 24.4. The van der Waals surface area contributed by atoms with Crippen molar-refractivity contribution in [2.45, 2.75) is 0 Å². The molecule has 0 radical (unpaired) electrons. The van der Waals surface area contributed by atoms with Crippen LogP contribution < -0.4 is 10.6 Å². The van der Waals surface area contributed by atoms with Gasteiger partial charge in [0.25, 0.3) is 0 Å². The molecule has 0 aromatic heterocycles. The summed E-state index contributed by atoms with van der Waals surface area (Å²) in [5.41, 5.74) is 1.59. The lowest BCUT2D eigenvalue weighted by Crippen LogP contribution is -2.15. The molecule has 23 heavy (non-hydrogen) atoms. The van der Waals surface area contributed by atoms with Crippen molar-refractivity contribution in [2.75, 3.05) is 0 Å². The molecule has 0 saturated heterocycles. The van der Waals surface area contributed by atoms with E-state index in [1.165, 1.54) is 0 Å². The molecule has 0 saturated carbocycles. The Bertz CT molecular complexity index is 958. The minimum Gasteiger partial charge on any atom is -0.507 e. The van der Waals surface area contributed by atoms with Crippen LogP contribution >= 0.6 is 7.14 Å². The summed E-state index contributed by atoms with van der Waals surface area (Å²) in [5, 5.41) is 12.6. The molecule has 0 aliphatic carbocycles. The molecule has 3 aromatic rings. The van der Waals surface area contributed by atoms with Crippen LogP contribution in [0.2, 0.25) is 0 Å². The highest BCUT2D eigenvalue weighted by molar-refractivity contribution is 7.88. The van der Waals surface area contributed by atoms with Gasteiger partial charge in [-0.05, 0) is 17.7 Å². The summed E-state index contributed by atoms with van der Waals surface area (Å²) in [4.78, 5) is 0. The summed E-state index contributed by atoms with van der Waals surface area (Å²) >= 11 is 0. The van der Waals surface area contributed by atoms with Crippen molar-refractivity contribution in [1.29, 1.82) is 0 Å². The van der Waals surface area contributed by atoms with Gasteiger partial charge in [0.15, 0.2) is 7.14 Å². The Labute approximate surface area is 135 Å². The molecule has 0 spiro atoms. The van der Waals surface area contributed by atoms with Crippen molar-refractivity contribution in [3.63, 3.8) is 0 Å². The Hall–Kier alpha value is -2.57. The summed E-state index contributed by atoms with van der Waals surface area (Å²) in [5.74, 6) is 0.155.